The van der Waals surface area contributed by atoms with E-state index >= 15 is 0 Å². The van der Waals surface area contributed by atoms with Crippen molar-refractivity contribution < 1.29 is 0 Å². The summed E-state index contributed by atoms with van der Waals surface area (Å²) in [6.45, 7) is 3.02. The number of likely N-dealkylation sites (tertiary alicyclic amines) is 1. The Morgan fingerprint density at radius 3 is 2.61 bits per heavy atom. The van der Waals surface area contributed by atoms with Gasteiger partial charge >= 0.3 is 0 Å². The lowest BCUT2D eigenvalue weighted by Crippen LogP contribution is -2.41. The highest BCUT2D eigenvalue weighted by Gasteiger charge is 2.39. The van der Waals surface area contributed by atoms with E-state index in [1.165, 1.54) is 44.1 Å². The van der Waals surface area contributed by atoms with Crippen molar-refractivity contribution in [1.82, 2.24) is 10.2 Å². The third-order valence-electron chi connectivity index (χ3n) is 5.40. The average Bonchev–Trinajstić information content (AvgIpc) is 3.00. The maximum absolute atomic E-state index is 8.86. The first-order chi connectivity index (χ1) is 11.2. The molecule has 0 unspecified atom stereocenters. The summed E-state index contributed by atoms with van der Waals surface area (Å²) < 4.78 is 0. The van der Waals surface area contributed by atoms with Crippen LogP contribution in [0.5, 0.6) is 0 Å². The van der Waals surface area contributed by atoms with Gasteiger partial charge in [-0.3, -0.25) is 4.99 Å². The second-order valence-electron chi connectivity index (χ2n) is 6.94. The monoisotopic (exact) mass is 310 g/mol. The zero-order valence-electron chi connectivity index (χ0n) is 14.0. The largest absolute Gasteiger partial charge is 0.352 e. The number of hydrogen-bond donors (Lipinski definition) is 1. The summed E-state index contributed by atoms with van der Waals surface area (Å²) in [6.07, 6.45) is 8.28. The summed E-state index contributed by atoms with van der Waals surface area (Å²) in [5.74, 6) is 1.01. The maximum Gasteiger partial charge on any atom is 0.193 e. The van der Waals surface area contributed by atoms with Crippen LogP contribution in [-0.2, 0) is 6.54 Å². The van der Waals surface area contributed by atoms with Crippen LogP contribution >= 0.6 is 0 Å². The van der Waals surface area contributed by atoms with Gasteiger partial charge in [0.25, 0.3) is 0 Å². The number of nitriles is 1. The molecule has 0 bridgehead atoms. The normalized spacial score (nSPS) is 20.5. The quantitative estimate of drug-likeness (QED) is 0.673. The summed E-state index contributed by atoms with van der Waals surface area (Å²) in [5, 5.41) is 12.3. The number of aliphatic imine (C=N–C) groups is 1. The van der Waals surface area contributed by atoms with Crippen LogP contribution in [0.4, 0.5) is 0 Å². The van der Waals surface area contributed by atoms with Crippen LogP contribution in [0.2, 0.25) is 0 Å². The Morgan fingerprint density at radius 1 is 1.22 bits per heavy atom. The smallest absolute Gasteiger partial charge is 0.193 e. The minimum atomic E-state index is 0.546. The predicted molar refractivity (Wildman–Crippen MR) is 93.1 cm³/mol. The Labute approximate surface area is 139 Å². The number of rotatable bonds is 2. The van der Waals surface area contributed by atoms with Crippen LogP contribution < -0.4 is 5.32 Å². The minimum absolute atomic E-state index is 0.546. The van der Waals surface area contributed by atoms with E-state index in [1.54, 1.807) is 0 Å². The summed E-state index contributed by atoms with van der Waals surface area (Å²) in [7, 11) is 1.87. The molecule has 1 saturated carbocycles. The molecule has 1 heterocycles. The SMILES string of the molecule is CN=C(NCc1ccc(C#N)cc1)N1CCC2(CCCCC2)C1. The molecule has 1 aliphatic carbocycles. The molecule has 1 saturated heterocycles. The fourth-order valence-corrected chi connectivity index (χ4v) is 4.04. The molecule has 1 aromatic carbocycles. The van der Waals surface area contributed by atoms with Gasteiger partial charge in [0.1, 0.15) is 0 Å². The molecule has 3 rings (SSSR count). The van der Waals surface area contributed by atoms with Gasteiger partial charge < -0.3 is 10.2 Å². The molecular weight excluding hydrogens is 284 g/mol. The summed E-state index contributed by atoms with van der Waals surface area (Å²) in [5.41, 5.74) is 2.43. The first-order valence-corrected chi connectivity index (χ1v) is 8.69. The van der Waals surface area contributed by atoms with Gasteiger partial charge in [0.15, 0.2) is 5.96 Å². The summed E-state index contributed by atoms with van der Waals surface area (Å²) >= 11 is 0. The molecule has 4 nitrogen and oxygen atoms in total. The van der Waals surface area contributed by atoms with Crippen LogP contribution in [-0.4, -0.2) is 31.0 Å². The van der Waals surface area contributed by atoms with Crippen LogP contribution in [0.1, 0.15) is 49.7 Å². The van der Waals surface area contributed by atoms with E-state index in [0.29, 0.717) is 11.0 Å². The van der Waals surface area contributed by atoms with Gasteiger partial charge in [-0.2, -0.15) is 5.26 Å². The van der Waals surface area contributed by atoms with Crippen LogP contribution in [0.15, 0.2) is 29.3 Å². The van der Waals surface area contributed by atoms with Crippen molar-refractivity contribution in [3.05, 3.63) is 35.4 Å². The number of benzene rings is 1. The molecule has 0 amide bonds. The second kappa shape index (κ2) is 7.04. The Kier molecular flexibility index (Phi) is 4.85. The average molecular weight is 310 g/mol. The van der Waals surface area contributed by atoms with E-state index in [2.05, 4.69) is 21.3 Å². The van der Waals surface area contributed by atoms with Crippen molar-refractivity contribution in [3.8, 4) is 6.07 Å². The lowest BCUT2D eigenvalue weighted by molar-refractivity contribution is 0.203. The molecule has 2 fully saturated rings. The number of guanidine groups is 1. The predicted octanol–water partition coefficient (Wildman–Crippen LogP) is 3.29. The molecule has 2 aliphatic rings. The van der Waals surface area contributed by atoms with Crippen molar-refractivity contribution in [2.24, 2.45) is 10.4 Å². The molecule has 0 atom stereocenters. The van der Waals surface area contributed by atoms with Crippen molar-refractivity contribution in [1.29, 1.82) is 5.26 Å². The van der Waals surface area contributed by atoms with Crippen LogP contribution in [0.25, 0.3) is 0 Å². The summed E-state index contributed by atoms with van der Waals surface area (Å²) in [4.78, 5) is 6.90. The van der Waals surface area contributed by atoms with E-state index in [4.69, 9.17) is 5.26 Å². The third kappa shape index (κ3) is 3.67. The van der Waals surface area contributed by atoms with Gasteiger partial charge in [-0.1, -0.05) is 31.4 Å². The molecule has 0 aromatic heterocycles. The van der Waals surface area contributed by atoms with E-state index in [9.17, 15) is 0 Å². The summed E-state index contributed by atoms with van der Waals surface area (Å²) in [6, 6.07) is 9.90. The lowest BCUT2D eigenvalue weighted by Gasteiger charge is -2.33. The van der Waals surface area contributed by atoms with Gasteiger partial charge in [-0.05, 0) is 42.4 Å². The first-order valence-electron chi connectivity index (χ1n) is 8.69. The molecule has 1 aliphatic heterocycles. The Bertz CT molecular complexity index is 591. The zero-order valence-corrected chi connectivity index (χ0v) is 14.0. The molecule has 1 aromatic rings. The standard InChI is InChI=1S/C19H26N4/c1-21-18(22-14-17-7-5-16(13-20)6-8-17)23-12-11-19(15-23)9-3-2-4-10-19/h5-8H,2-4,9-12,14-15H2,1H3,(H,21,22). The molecule has 1 N–H and O–H groups in total. The van der Waals surface area contributed by atoms with Gasteiger partial charge in [0.05, 0.1) is 11.6 Å². The second-order valence-corrected chi connectivity index (χ2v) is 6.94. The number of hydrogen-bond acceptors (Lipinski definition) is 2. The Balaban J connectivity index is 1.57. The third-order valence-corrected chi connectivity index (χ3v) is 5.40. The van der Waals surface area contributed by atoms with Crippen molar-refractivity contribution >= 4 is 5.96 Å². The zero-order chi connectivity index (χ0) is 16.1. The van der Waals surface area contributed by atoms with Crippen molar-refractivity contribution in [3.63, 3.8) is 0 Å². The molecule has 0 radical (unpaired) electrons. The van der Waals surface area contributed by atoms with E-state index in [0.717, 1.165) is 25.6 Å². The minimum Gasteiger partial charge on any atom is -0.352 e. The van der Waals surface area contributed by atoms with Crippen molar-refractivity contribution in [2.75, 3.05) is 20.1 Å². The highest BCUT2D eigenvalue weighted by Crippen LogP contribution is 2.43. The molecule has 122 valence electrons. The Morgan fingerprint density at radius 2 is 1.96 bits per heavy atom. The lowest BCUT2D eigenvalue weighted by atomic mass is 9.73. The number of nitrogens with one attached hydrogen (secondary N) is 1. The Hall–Kier alpha value is -2.02. The first kappa shape index (κ1) is 15.9. The number of nitrogens with zero attached hydrogens (tertiary/aromatic N) is 3. The van der Waals surface area contributed by atoms with E-state index in [-0.39, 0.29) is 0 Å². The molecule has 23 heavy (non-hydrogen) atoms. The van der Waals surface area contributed by atoms with Crippen LogP contribution in [0.3, 0.4) is 0 Å². The van der Waals surface area contributed by atoms with Gasteiger partial charge in [0, 0.05) is 26.7 Å². The van der Waals surface area contributed by atoms with E-state index < -0.39 is 0 Å². The molecule has 1 spiro atoms. The highest BCUT2D eigenvalue weighted by molar-refractivity contribution is 5.80. The van der Waals surface area contributed by atoms with Gasteiger partial charge in [0.2, 0.25) is 0 Å². The fourth-order valence-electron chi connectivity index (χ4n) is 4.04. The topological polar surface area (TPSA) is 51.4 Å². The van der Waals surface area contributed by atoms with E-state index in [1.807, 2.05) is 31.3 Å². The molecule has 4 heteroatoms. The van der Waals surface area contributed by atoms with Crippen LogP contribution in [0, 0.1) is 16.7 Å². The molecular formula is C19H26N4. The highest BCUT2D eigenvalue weighted by atomic mass is 15.3. The maximum atomic E-state index is 8.86. The fraction of sp³-hybridized carbons (Fsp3) is 0.579. The van der Waals surface area contributed by atoms with Gasteiger partial charge in [-0.15, -0.1) is 0 Å². The van der Waals surface area contributed by atoms with Gasteiger partial charge in [-0.25, -0.2) is 0 Å². The van der Waals surface area contributed by atoms with Crippen molar-refractivity contribution in [2.45, 2.75) is 45.1 Å².